The van der Waals surface area contributed by atoms with Crippen LogP contribution in [0.25, 0.3) is 0 Å². The van der Waals surface area contributed by atoms with Crippen LogP contribution in [-0.4, -0.2) is 31.4 Å². The fourth-order valence-corrected chi connectivity index (χ4v) is 3.15. The van der Waals surface area contributed by atoms with E-state index in [0.717, 1.165) is 19.3 Å². The highest BCUT2D eigenvalue weighted by molar-refractivity contribution is 6.08. The van der Waals surface area contributed by atoms with E-state index < -0.39 is 5.41 Å². The molecule has 0 aromatic rings. The fraction of sp³-hybridized carbons (Fsp3) is 0.542. The molecule has 0 aromatic heterocycles. The zero-order chi connectivity index (χ0) is 21.5. The second-order valence-electron chi connectivity index (χ2n) is 7.28. The van der Waals surface area contributed by atoms with E-state index in [9.17, 15) is 14.4 Å². The van der Waals surface area contributed by atoms with Crippen molar-refractivity contribution < 1.29 is 23.9 Å². The van der Waals surface area contributed by atoms with Crippen molar-refractivity contribution in [2.75, 3.05) is 13.7 Å². The first-order valence-corrected chi connectivity index (χ1v) is 10.4. The summed E-state index contributed by atoms with van der Waals surface area (Å²) in [6.45, 7) is 3.69. The summed E-state index contributed by atoms with van der Waals surface area (Å²) in [4.78, 5) is 34.9. The van der Waals surface area contributed by atoms with Crippen LogP contribution in [0.15, 0.2) is 48.1 Å². The number of carbonyl (C=O) groups is 3. The van der Waals surface area contributed by atoms with Crippen LogP contribution in [0.4, 0.5) is 0 Å². The lowest BCUT2D eigenvalue weighted by molar-refractivity contribution is -0.143. The molecule has 0 fully saturated rings. The molecule has 0 spiro atoms. The molecule has 0 heterocycles. The second-order valence-corrected chi connectivity index (χ2v) is 7.28. The van der Waals surface area contributed by atoms with Crippen molar-refractivity contribution in [1.29, 1.82) is 0 Å². The zero-order valence-corrected chi connectivity index (χ0v) is 17.9. The van der Waals surface area contributed by atoms with Gasteiger partial charge in [-0.1, -0.05) is 56.2 Å². The lowest BCUT2D eigenvalue weighted by Gasteiger charge is -2.27. The van der Waals surface area contributed by atoms with Crippen molar-refractivity contribution in [3.05, 3.63) is 48.1 Å². The average Bonchev–Trinajstić information content (AvgIpc) is 3.01. The molecule has 0 N–H and O–H groups in total. The van der Waals surface area contributed by atoms with Gasteiger partial charge < -0.3 is 9.47 Å². The number of ketones is 1. The Labute approximate surface area is 174 Å². The molecule has 1 atom stereocenters. The van der Waals surface area contributed by atoms with Crippen molar-refractivity contribution in [3.63, 3.8) is 0 Å². The Morgan fingerprint density at radius 1 is 1.10 bits per heavy atom. The number of esters is 2. The van der Waals surface area contributed by atoms with Gasteiger partial charge in [0.05, 0.1) is 12.5 Å². The molecule has 29 heavy (non-hydrogen) atoms. The Morgan fingerprint density at radius 2 is 1.86 bits per heavy atom. The highest BCUT2D eigenvalue weighted by Gasteiger charge is 2.39. The maximum atomic E-state index is 12.4. The molecule has 1 aliphatic rings. The van der Waals surface area contributed by atoms with Gasteiger partial charge in [-0.25, -0.2) is 0 Å². The van der Waals surface area contributed by atoms with Crippen LogP contribution in [0.5, 0.6) is 0 Å². The molecule has 0 bridgehead atoms. The van der Waals surface area contributed by atoms with Gasteiger partial charge in [0.2, 0.25) is 0 Å². The fourth-order valence-electron chi connectivity index (χ4n) is 3.15. The predicted octanol–water partition coefficient (Wildman–Crippen LogP) is 5.03. The topological polar surface area (TPSA) is 69.7 Å². The van der Waals surface area contributed by atoms with E-state index in [1.165, 1.54) is 26.9 Å². The summed E-state index contributed by atoms with van der Waals surface area (Å²) in [6, 6.07) is 0. The van der Waals surface area contributed by atoms with Crippen LogP contribution in [0, 0.1) is 5.41 Å². The molecule has 0 saturated heterocycles. The van der Waals surface area contributed by atoms with Gasteiger partial charge in [-0.05, 0) is 38.2 Å². The molecule has 5 heteroatoms. The Balaban J connectivity index is 2.81. The molecule has 1 rings (SSSR count). The Morgan fingerprint density at radius 3 is 2.55 bits per heavy atom. The number of hydrogen-bond donors (Lipinski definition) is 0. The summed E-state index contributed by atoms with van der Waals surface area (Å²) in [5.41, 5.74) is 0.00145. The Hall–Kier alpha value is -2.43. The zero-order valence-electron chi connectivity index (χ0n) is 17.9. The van der Waals surface area contributed by atoms with E-state index in [1.807, 2.05) is 18.2 Å². The number of unbranched alkanes of at least 4 members (excludes halogenated alkanes) is 4. The molecule has 0 radical (unpaired) electrons. The molecule has 1 unspecified atom stereocenters. The van der Waals surface area contributed by atoms with E-state index in [2.05, 4.69) is 23.8 Å². The normalized spacial score (nSPS) is 20.2. The molecule has 0 amide bonds. The van der Waals surface area contributed by atoms with Gasteiger partial charge in [0.15, 0.2) is 5.78 Å². The quantitative estimate of drug-likeness (QED) is 0.187. The first kappa shape index (κ1) is 24.6. The minimum atomic E-state index is -0.625. The number of allylic oxidation sites excluding steroid dienone is 6. The smallest absolute Gasteiger partial charge is 0.305 e. The Bertz CT molecular complexity index is 669. The predicted molar refractivity (Wildman–Crippen MR) is 114 cm³/mol. The van der Waals surface area contributed by atoms with Crippen LogP contribution in [0.2, 0.25) is 0 Å². The lowest BCUT2D eigenvalue weighted by Crippen LogP contribution is -2.27. The monoisotopic (exact) mass is 402 g/mol. The largest absolute Gasteiger partial charge is 0.469 e. The van der Waals surface area contributed by atoms with Gasteiger partial charge in [-0.15, -0.1) is 0 Å². The van der Waals surface area contributed by atoms with Crippen LogP contribution >= 0.6 is 0 Å². The van der Waals surface area contributed by atoms with Crippen LogP contribution in [-0.2, 0) is 23.9 Å². The summed E-state index contributed by atoms with van der Waals surface area (Å²) < 4.78 is 9.91. The van der Waals surface area contributed by atoms with Crippen molar-refractivity contribution in [3.8, 4) is 0 Å². The van der Waals surface area contributed by atoms with Crippen molar-refractivity contribution in [2.45, 2.75) is 65.2 Å². The third kappa shape index (κ3) is 9.07. The Kier molecular flexibility index (Phi) is 11.6. The summed E-state index contributed by atoms with van der Waals surface area (Å²) >= 11 is 0. The van der Waals surface area contributed by atoms with Crippen molar-refractivity contribution in [2.24, 2.45) is 5.41 Å². The van der Waals surface area contributed by atoms with Gasteiger partial charge in [0.25, 0.3) is 0 Å². The third-order valence-corrected chi connectivity index (χ3v) is 4.89. The van der Waals surface area contributed by atoms with Crippen molar-refractivity contribution in [1.82, 2.24) is 0 Å². The first-order chi connectivity index (χ1) is 13.9. The van der Waals surface area contributed by atoms with Crippen LogP contribution < -0.4 is 0 Å². The molecule has 0 aliphatic heterocycles. The number of methoxy groups -OCH3 is 1. The molecule has 0 aromatic carbocycles. The second kappa shape index (κ2) is 13.7. The maximum Gasteiger partial charge on any atom is 0.305 e. The first-order valence-electron chi connectivity index (χ1n) is 10.4. The van der Waals surface area contributed by atoms with Gasteiger partial charge in [-0.2, -0.15) is 0 Å². The van der Waals surface area contributed by atoms with Crippen molar-refractivity contribution >= 4 is 17.7 Å². The summed E-state index contributed by atoms with van der Waals surface area (Å²) in [6.07, 6.45) is 20.1. The standard InChI is InChI=1S/C24H34O5/c1-4-5-6-7-10-13-17-24(19-29-20(2)25)18-16-22(26)21(24)14-11-8-9-12-15-23(27)28-3/h8,10-11,13-14,16,18H,4-7,9,12,15,17,19H2,1-3H3/b11-8+,13-10-,21-14+. The van der Waals surface area contributed by atoms with E-state index in [0.29, 0.717) is 24.8 Å². The highest BCUT2D eigenvalue weighted by atomic mass is 16.5. The molecular formula is C24H34O5. The number of hydrogen-bond acceptors (Lipinski definition) is 5. The number of carbonyl (C=O) groups excluding carboxylic acids is 3. The van der Waals surface area contributed by atoms with Gasteiger partial charge in [0, 0.05) is 18.9 Å². The summed E-state index contributed by atoms with van der Waals surface area (Å²) in [5.74, 6) is -0.643. The van der Waals surface area contributed by atoms with Gasteiger partial charge in [0.1, 0.15) is 6.61 Å². The number of rotatable bonds is 13. The average molecular weight is 403 g/mol. The maximum absolute atomic E-state index is 12.4. The van der Waals surface area contributed by atoms with E-state index >= 15 is 0 Å². The molecule has 160 valence electrons. The summed E-state index contributed by atoms with van der Waals surface area (Å²) in [5, 5.41) is 0. The van der Waals surface area contributed by atoms with Crippen LogP contribution in [0.3, 0.4) is 0 Å². The molecule has 1 aliphatic carbocycles. The van der Waals surface area contributed by atoms with E-state index in [4.69, 9.17) is 4.74 Å². The minimum absolute atomic E-state index is 0.0595. The van der Waals surface area contributed by atoms with Crippen LogP contribution in [0.1, 0.15) is 65.2 Å². The molecule has 0 saturated carbocycles. The minimum Gasteiger partial charge on any atom is -0.469 e. The molecular weight excluding hydrogens is 368 g/mol. The lowest BCUT2D eigenvalue weighted by atomic mass is 9.79. The van der Waals surface area contributed by atoms with Gasteiger partial charge >= 0.3 is 11.9 Å². The SMILES string of the molecule is CCCCC/C=C\CC1(COC(C)=O)C=CC(=O)/C1=C\C=C\CCCC(=O)OC. The molecule has 5 nitrogen and oxygen atoms in total. The highest BCUT2D eigenvalue weighted by Crippen LogP contribution is 2.40. The van der Waals surface area contributed by atoms with Gasteiger partial charge in [-0.3, -0.25) is 14.4 Å². The van der Waals surface area contributed by atoms with E-state index in [1.54, 1.807) is 12.2 Å². The van der Waals surface area contributed by atoms with E-state index in [-0.39, 0.29) is 24.3 Å². The third-order valence-electron chi connectivity index (χ3n) is 4.89. The summed E-state index contributed by atoms with van der Waals surface area (Å²) in [7, 11) is 1.38. The number of ether oxygens (including phenoxy) is 2.